The molecule has 0 radical (unpaired) electrons. The van der Waals surface area contributed by atoms with Crippen molar-refractivity contribution in [2.45, 2.75) is 25.5 Å². The van der Waals surface area contributed by atoms with Crippen LogP contribution in [-0.4, -0.2) is 42.5 Å². The average molecular weight is 371 g/mol. The molecule has 6 nitrogen and oxygen atoms in total. The molecule has 0 spiro atoms. The summed E-state index contributed by atoms with van der Waals surface area (Å²) in [5.41, 5.74) is 7.43. The number of hydrogen-bond acceptors (Lipinski definition) is 5. The van der Waals surface area contributed by atoms with Gasteiger partial charge in [0.25, 0.3) is 5.91 Å². The van der Waals surface area contributed by atoms with Crippen molar-refractivity contribution < 1.29 is 14.3 Å². The highest BCUT2D eigenvalue weighted by molar-refractivity contribution is 7.10. The van der Waals surface area contributed by atoms with E-state index in [9.17, 15) is 9.59 Å². The Morgan fingerprint density at radius 3 is 2.92 bits per heavy atom. The Balaban J connectivity index is 1.55. The third-order valence-corrected chi connectivity index (χ3v) is 6.13. The number of fused-ring (bicyclic) bond motifs is 2. The fourth-order valence-electron chi connectivity index (χ4n) is 3.66. The molecule has 0 fully saturated rings. The van der Waals surface area contributed by atoms with Crippen molar-refractivity contribution in [2.75, 3.05) is 24.5 Å². The number of thiophene rings is 1. The third-order valence-electron chi connectivity index (χ3n) is 5.13. The lowest BCUT2D eigenvalue weighted by Gasteiger charge is -2.37. The largest absolute Gasteiger partial charge is 0.477 e. The van der Waals surface area contributed by atoms with Gasteiger partial charge >= 0.3 is 0 Å². The lowest BCUT2D eigenvalue weighted by molar-refractivity contribution is -0.125. The average Bonchev–Trinajstić information content (AvgIpc) is 3.12. The number of benzene rings is 1. The molecule has 2 amide bonds. The van der Waals surface area contributed by atoms with Crippen LogP contribution in [0.2, 0.25) is 0 Å². The lowest BCUT2D eigenvalue weighted by Crippen LogP contribution is -2.52. The molecule has 136 valence electrons. The second kappa shape index (κ2) is 6.74. The Morgan fingerprint density at radius 1 is 1.31 bits per heavy atom. The van der Waals surface area contributed by atoms with Gasteiger partial charge in [-0.3, -0.25) is 14.5 Å². The molecular formula is C19H21N3O3S. The second-order valence-electron chi connectivity index (χ2n) is 6.68. The van der Waals surface area contributed by atoms with Crippen LogP contribution in [-0.2, 0) is 16.0 Å². The molecule has 0 saturated heterocycles. The van der Waals surface area contributed by atoms with Crippen LogP contribution in [0.5, 0.6) is 5.75 Å². The van der Waals surface area contributed by atoms with E-state index in [0.29, 0.717) is 18.0 Å². The SMILES string of the molecule is CC1c2ccsc2CCN1CC(=O)N1CC(C(N)=O)Oc2ccccc21. The molecule has 26 heavy (non-hydrogen) atoms. The first-order valence-electron chi connectivity index (χ1n) is 8.70. The minimum atomic E-state index is -0.823. The van der Waals surface area contributed by atoms with Gasteiger partial charge in [0.05, 0.1) is 18.8 Å². The standard InChI is InChI=1S/C19H21N3O3S/c1-12-13-7-9-26-17(13)6-8-21(12)11-18(23)22-10-16(19(20)24)25-15-5-3-2-4-14(15)22/h2-5,7,9,12,16H,6,8,10-11H2,1H3,(H2,20,24). The number of carbonyl (C=O) groups is 2. The van der Waals surface area contributed by atoms with Crippen LogP contribution < -0.4 is 15.4 Å². The number of hydrogen-bond donors (Lipinski definition) is 1. The molecule has 0 bridgehead atoms. The number of nitrogens with two attached hydrogens (primary N) is 1. The van der Waals surface area contributed by atoms with Gasteiger partial charge in [0.1, 0.15) is 5.75 Å². The fraction of sp³-hybridized carbons (Fsp3) is 0.368. The molecule has 2 atom stereocenters. The van der Waals surface area contributed by atoms with E-state index < -0.39 is 12.0 Å². The minimum absolute atomic E-state index is 0.0440. The van der Waals surface area contributed by atoms with E-state index >= 15 is 0 Å². The third kappa shape index (κ3) is 2.97. The summed E-state index contributed by atoms with van der Waals surface area (Å²) in [7, 11) is 0. The van der Waals surface area contributed by atoms with Gasteiger partial charge in [0.2, 0.25) is 5.91 Å². The highest BCUT2D eigenvalue weighted by atomic mass is 32.1. The van der Waals surface area contributed by atoms with Crippen LogP contribution >= 0.6 is 11.3 Å². The molecule has 0 saturated carbocycles. The van der Waals surface area contributed by atoms with Gasteiger partial charge in [0.15, 0.2) is 6.10 Å². The lowest BCUT2D eigenvalue weighted by atomic mass is 10.0. The monoisotopic (exact) mass is 371 g/mol. The van der Waals surface area contributed by atoms with E-state index in [1.54, 1.807) is 22.3 Å². The van der Waals surface area contributed by atoms with Crippen molar-refractivity contribution in [3.63, 3.8) is 0 Å². The van der Waals surface area contributed by atoms with Crippen molar-refractivity contribution >= 4 is 28.8 Å². The molecule has 0 aliphatic carbocycles. The quantitative estimate of drug-likeness (QED) is 0.895. The Morgan fingerprint density at radius 2 is 2.12 bits per heavy atom. The van der Waals surface area contributed by atoms with Crippen molar-refractivity contribution in [3.05, 3.63) is 46.2 Å². The molecule has 1 aromatic heterocycles. The zero-order chi connectivity index (χ0) is 18.3. The van der Waals surface area contributed by atoms with Crippen molar-refractivity contribution in [1.29, 1.82) is 0 Å². The van der Waals surface area contributed by atoms with Crippen LogP contribution in [0.25, 0.3) is 0 Å². The maximum absolute atomic E-state index is 13.1. The summed E-state index contributed by atoms with van der Waals surface area (Å²) in [4.78, 5) is 29.9. The molecule has 4 rings (SSSR count). The summed E-state index contributed by atoms with van der Waals surface area (Å²) in [5, 5.41) is 2.11. The van der Waals surface area contributed by atoms with Gasteiger partial charge in [-0.05, 0) is 42.5 Å². The number of ether oxygens (including phenoxy) is 1. The van der Waals surface area contributed by atoms with E-state index in [-0.39, 0.29) is 18.5 Å². The van der Waals surface area contributed by atoms with Gasteiger partial charge in [-0.25, -0.2) is 0 Å². The van der Waals surface area contributed by atoms with Crippen molar-refractivity contribution in [2.24, 2.45) is 5.73 Å². The first-order chi connectivity index (χ1) is 12.5. The molecular weight excluding hydrogens is 350 g/mol. The molecule has 2 N–H and O–H groups in total. The maximum atomic E-state index is 13.1. The van der Waals surface area contributed by atoms with Gasteiger partial charge in [-0.1, -0.05) is 12.1 Å². The summed E-state index contributed by atoms with van der Waals surface area (Å²) < 4.78 is 5.64. The topological polar surface area (TPSA) is 75.9 Å². The smallest absolute Gasteiger partial charge is 0.260 e. The number of primary amides is 1. The van der Waals surface area contributed by atoms with E-state index in [0.717, 1.165) is 13.0 Å². The minimum Gasteiger partial charge on any atom is -0.477 e. The van der Waals surface area contributed by atoms with Crippen molar-refractivity contribution in [3.8, 4) is 5.75 Å². The molecule has 2 aliphatic heterocycles. The molecule has 1 aromatic carbocycles. The van der Waals surface area contributed by atoms with E-state index in [2.05, 4.69) is 23.3 Å². The second-order valence-corrected chi connectivity index (χ2v) is 7.68. The Labute approximate surface area is 156 Å². The predicted octanol–water partition coefficient (Wildman–Crippen LogP) is 1.95. The first-order valence-corrected chi connectivity index (χ1v) is 9.58. The fourth-order valence-corrected chi connectivity index (χ4v) is 4.62. The van der Waals surface area contributed by atoms with E-state index in [1.165, 1.54) is 10.4 Å². The number of rotatable bonds is 3. The van der Waals surface area contributed by atoms with Crippen molar-refractivity contribution in [1.82, 2.24) is 4.90 Å². The van der Waals surface area contributed by atoms with E-state index in [1.807, 2.05) is 18.2 Å². The molecule has 2 aromatic rings. The molecule has 2 aliphatic rings. The molecule has 3 heterocycles. The number of nitrogens with zero attached hydrogens (tertiary/aromatic N) is 2. The Kier molecular flexibility index (Phi) is 4.42. The highest BCUT2D eigenvalue weighted by Gasteiger charge is 2.34. The van der Waals surface area contributed by atoms with Crippen LogP contribution in [0.4, 0.5) is 5.69 Å². The summed E-state index contributed by atoms with van der Waals surface area (Å²) in [5.74, 6) is -0.0909. The molecule has 2 unspecified atom stereocenters. The van der Waals surface area contributed by atoms with Gasteiger partial charge in [-0.15, -0.1) is 11.3 Å². The number of amides is 2. The summed E-state index contributed by atoms with van der Waals surface area (Å²) in [6.07, 6.45) is 0.143. The summed E-state index contributed by atoms with van der Waals surface area (Å²) >= 11 is 1.78. The number of carbonyl (C=O) groups excluding carboxylic acids is 2. The van der Waals surface area contributed by atoms with E-state index in [4.69, 9.17) is 10.5 Å². The summed E-state index contributed by atoms with van der Waals surface area (Å²) in [6, 6.07) is 9.61. The Hall–Kier alpha value is -2.38. The van der Waals surface area contributed by atoms with Crippen LogP contribution in [0.15, 0.2) is 35.7 Å². The Bertz CT molecular complexity index is 850. The first kappa shape index (κ1) is 17.1. The summed E-state index contributed by atoms with van der Waals surface area (Å²) in [6.45, 7) is 3.44. The highest BCUT2D eigenvalue weighted by Crippen LogP contribution is 2.35. The normalized spacial score (nSPS) is 22.3. The number of anilines is 1. The predicted molar refractivity (Wildman–Crippen MR) is 100 cm³/mol. The molecule has 7 heteroatoms. The van der Waals surface area contributed by atoms with Crippen LogP contribution in [0, 0.1) is 0 Å². The van der Waals surface area contributed by atoms with Gasteiger partial charge in [0, 0.05) is 17.5 Å². The zero-order valence-electron chi connectivity index (χ0n) is 14.6. The zero-order valence-corrected chi connectivity index (χ0v) is 15.4. The number of para-hydroxylation sites is 2. The van der Waals surface area contributed by atoms with Crippen LogP contribution in [0.3, 0.4) is 0 Å². The van der Waals surface area contributed by atoms with Gasteiger partial charge < -0.3 is 15.4 Å². The van der Waals surface area contributed by atoms with Gasteiger partial charge in [-0.2, -0.15) is 0 Å². The maximum Gasteiger partial charge on any atom is 0.260 e. The van der Waals surface area contributed by atoms with Crippen LogP contribution in [0.1, 0.15) is 23.4 Å².